The van der Waals surface area contributed by atoms with Crippen LogP contribution in [0.2, 0.25) is 4.34 Å². The molecule has 0 saturated carbocycles. The Morgan fingerprint density at radius 3 is 2.60 bits per heavy atom. The van der Waals surface area contributed by atoms with Crippen molar-refractivity contribution >= 4 is 58.7 Å². The molecule has 0 unspecified atom stereocenters. The Hall–Kier alpha value is -1.95. The Morgan fingerprint density at radius 2 is 2.11 bits per heavy atom. The molecule has 2 aromatic rings. The van der Waals surface area contributed by atoms with E-state index >= 15 is 0 Å². The summed E-state index contributed by atoms with van der Waals surface area (Å²) in [7, 11) is 7.06. The lowest BCUT2D eigenvalue weighted by Gasteiger charge is -2.24. The van der Waals surface area contributed by atoms with Crippen molar-refractivity contribution in [3.05, 3.63) is 45.1 Å². The van der Waals surface area contributed by atoms with Gasteiger partial charge in [0.2, 0.25) is 5.91 Å². The maximum atomic E-state index is 12.8. The molecule has 3 rings (SSSR count). The van der Waals surface area contributed by atoms with Crippen LogP contribution in [0.25, 0.3) is 0 Å². The Bertz CT molecular complexity index is 1000. The minimum atomic E-state index is -0.454. The number of hydrogen-bond donors (Lipinski definition) is 2. The van der Waals surface area contributed by atoms with Gasteiger partial charge in [-0.05, 0) is 75.8 Å². The monoisotopic (exact) mass is 540 g/mol. The fourth-order valence-corrected chi connectivity index (χ4v) is 5.53. The maximum Gasteiger partial charge on any atom is 0.325 e. The molecule has 1 aromatic carbocycles. The lowest BCUT2D eigenvalue weighted by molar-refractivity contribution is -0.142. The van der Waals surface area contributed by atoms with Crippen LogP contribution >= 0.6 is 34.9 Å². The van der Waals surface area contributed by atoms with Crippen molar-refractivity contribution in [2.24, 2.45) is 0 Å². The standard InChI is InChI=1S/C19H30N4O3S.C5H3ClOS/c1-6-13-15(23-11-10-16(18(23)24)22(3)4)8-7-9-17(13)27-21-14(12-20-2)19(25)26-5;6-5-2-1-4(3-7)8-5/h7-9,14,16,20-21H,6,10-12H2,1-5H3;1-3H/t14-,16-;/m0./s1. The number of benzene rings is 1. The number of thiophene rings is 1. The number of rotatable bonds is 10. The van der Waals surface area contributed by atoms with E-state index in [0.29, 0.717) is 15.8 Å². The van der Waals surface area contributed by atoms with Crippen LogP contribution in [0.4, 0.5) is 5.69 Å². The summed E-state index contributed by atoms with van der Waals surface area (Å²) in [6.45, 7) is 3.27. The van der Waals surface area contributed by atoms with Crippen LogP contribution < -0.4 is 14.9 Å². The van der Waals surface area contributed by atoms with Crippen LogP contribution in [0.1, 0.15) is 28.6 Å². The molecule has 2 N–H and O–H groups in total. The van der Waals surface area contributed by atoms with Gasteiger partial charge >= 0.3 is 5.97 Å². The van der Waals surface area contributed by atoms with Crippen LogP contribution in [-0.4, -0.2) is 76.5 Å². The van der Waals surface area contributed by atoms with Crippen molar-refractivity contribution < 1.29 is 19.1 Å². The highest BCUT2D eigenvalue weighted by Crippen LogP contribution is 2.33. The number of amides is 1. The van der Waals surface area contributed by atoms with Gasteiger partial charge in [0.1, 0.15) is 6.04 Å². The third-order valence-corrected chi connectivity index (χ3v) is 7.63. The fourth-order valence-electron chi connectivity index (χ4n) is 3.69. The van der Waals surface area contributed by atoms with Crippen molar-refractivity contribution in [2.75, 3.05) is 46.2 Å². The number of nitrogens with zero attached hydrogens (tertiary/aromatic N) is 2. The molecule has 1 amide bonds. The molecule has 1 aromatic heterocycles. The smallest absolute Gasteiger partial charge is 0.325 e. The highest BCUT2D eigenvalue weighted by molar-refractivity contribution is 7.97. The summed E-state index contributed by atoms with van der Waals surface area (Å²) in [5.41, 5.74) is 2.07. The van der Waals surface area contributed by atoms with E-state index in [1.165, 1.54) is 30.4 Å². The van der Waals surface area contributed by atoms with Gasteiger partial charge < -0.3 is 15.0 Å². The summed E-state index contributed by atoms with van der Waals surface area (Å²) in [5.74, 6) is -0.165. The number of halogens is 1. The van der Waals surface area contributed by atoms with Gasteiger partial charge in [0.15, 0.2) is 6.29 Å². The lowest BCUT2D eigenvalue weighted by atomic mass is 10.1. The summed E-state index contributed by atoms with van der Waals surface area (Å²) < 4.78 is 8.70. The SMILES string of the molecule is CCc1c(SN[C@@H](CNC)C(=O)OC)cccc1N1CC[C@H](N(C)C)C1=O.O=Cc1ccc(Cl)s1. The van der Waals surface area contributed by atoms with Gasteiger partial charge in [-0.3, -0.25) is 19.3 Å². The number of esters is 1. The van der Waals surface area contributed by atoms with Crippen molar-refractivity contribution in [3.63, 3.8) is 0 Å². The van der Waals surface area contributed by atoms with Crippen LogP contribution in [0.3, 0.4) is 0 Å². The minimum absolute atomic E-state index is 0.0662. The van der Waals surface area contributed by atoms with Gasteiger partial charge in [-0.25, -0.2) is 4.72 Å². The second kappa shape index (κ2) is 14.6. The molecule has 0 radical (unpaired) electrons. The predicted octanol–water partition coefficient (Wildman–Crippen LogP) is 3.49. The Kier molecular flexibility index (Phi) is 12.2. The van der Waals surface area contributed by atoms with E-state index in [1.54, 1.807) is 19.2 Å². The quantitative estimate of drug-likeness (QED) is 0.269. The summed E-state index contributed by atoms with van der Waals surface area (Å²) in [6, 6.07) is 8.85. The van der Waals surface area contributed by atoms with Gasteiger partial charge in [-0.15, -0.1) is 11.3 Å². The molecular weight excluding hydrogens is 508 g/mol. The Balaban J connectivity index is 0.000000456. The molecule has 8 nitrogen and oxygen atoms in total. The number of ether oxygens (including phenoxy) is 1. The molecule has 1 aliphatic rings. The summed E-state index contributed by atoms with van der Waals surface area (Å²) in [5, 5.41) is 2.99. The topological polar surface area (TPSA) is 91.0 Å². The first-order chi connectivity index (χ1) is 16.8. The fraction of sp³-hybridized carbons (Fsp3) is 0.458. The number of hydrogen-bond acceptors (Lipinski definition) is 9. The molecule has 0 bridgehead atoms. The van der Waals surface area contributed by atoms with E-state index in [4.69, 9.17) is 16.3 Å². The average Bonchev–Trinajstić information content (AvgIpc) is 3.46. The third-order valence-electron chi connectivity index (χ3n) is 5.47. The second-order valence-electron chi connectivity index (χ2n) is 7.98. The first-order valence-corrected chi connectivity index (χ1v) is 13.2. The van der Waals surface area contributed by atoms with Gasteiger partial charge in [-0.2, -0.15) is 0 Å². The van der Waals surface area contributed by atoms with Gasteiger partial charge in [0.05, 0.1) is 22.4 Å². The van der Waals surface area contributed by atoms with E-state index in [-0.39, 0.29) is 17.9 Å². The molecule has 1 saturated heterocycles. The van der Waals surface area contributed by atoms with Crippen molar-refractivity contribution in [3.8, 4) is 0 Å². The molecule has 35 heavy (non-hydrogen) atoms. The lowest BCUT2D eigenvalue weighted by Crippen LogP contribution is -2.41. The number of carbonyl (C=O) groups excluding carboxylic acids is 3. The van der Waals surface area contributed by atoms with Crippen molar-refractivity contribution in [1.82, 2.24) is 14.9 Å². The molecule has 2 heterocycles. The van der Waals surface area contributed by atoms with E-state index < -0.39 is 6.04 Å². The molecule has 192 valence electrons. The summed E-state index contributed by atoms with van der Waals surface area (Å²) >= 11 is 8.19. The predicted molar refractivity (Wildman–Crippen MR) is 144 cm³/mol. The summed E-state index contributed by atoms with van der Waals surface area (Å²) in [6.07, 6.45) is 2.42. The first kappa shape index (κ1) is 29.3. The van der Waals surface area contributed by atoms with E-state index in [0.717, 1.165) is 41.8 Å². The number of aldehydes is 1. The molecule has 1 aliphatic heterocycles. The minimum Gasteiger partial charge on any atom is -0.468 e. The average molecular weight is 541 g/mol. The molecule has 0 spiro atoms. The van der Waals surface area contributed by atoms with Crippen molar-refractivity contribution in [1.29, 1.82) is 0 Å². The third kappa shape index (κ3) is 8.03. The van der Waals surface area contributed by atoms with E-state index in [9.17, 15) is 14.4 Å². The normalized spacial score (nSPS) is 16.1. The largest absolute Gasteiger partial charge is 0.468 e. The highest BCUT2D eigenvalue weighted by atomic mass is 35.5. The van der Waals surface area contributed by atoms with Crippen LogP contribution in [0.5, 0.6) is 0 Å². The Morgan fingerprint density at radius 1 is 1.37 bits per heavy atom. The maximum absolute atomic E-state index is 12.8. The van der Waals surface area contributed by atoms with E-state index in [1.807, 2.05) is 42.1 Å². The number of methoxy groups -OCH3 is 1. The zero-order valence-electron chi connectivity index (χ0n) is 20.7. The molecule has 1 fully saturated rings. The Labute approximate surface area is 220 Å². The first-order valence-electron chi connectivity index (χ1n) is 11.2. The zero-order valence-corrected chi connectivity index (χ0v) is 23.1. The highest BCUT2D eigenvalue weighted by Gasteiger charge is 2.35. The number of likely N-dealkylation sites (N-methyl/N-ethyl adjacent to an activating group) is 2. The number of anilines is 1. The molecule has 2 atom stereocenters. The van der Waals surface area contributed by atoms with Crippen LogP contribution in [-0.2, 0) is 20.7 Å². The van der Waals surface area contributed by atoms with Gasteiger partial charge in [0, 0.05) is 23.7 Å². The van der Waals surface area contributed by atoms with Gasteiger partial charge in [0.25, 0.3) is 0 Å². The molecule has 11 heteroatoms. The van der Waals surface area contributed by atoms with Crippen LogP contribution in [0, 0.1) is 0 Å². The summed E-state index contributed by atoms with van der Waals surface area (Å²) in [4.78, 5) is 40.2. The van der Waals surface area contributed by atoms with Gasteiger partial charge in [-0.1, -0.05) is 24.6 Å². The van der Waals surface area contributed by atoms with Crippen LogP contribution in [0.15, 0.2) is 35.2 Å². The zero-order chi connectivity index (χ0) is 26.0. The number of carbonyl (C=O) groups is 3. The molecule has 0 aliphatic carbocycles. The number of nitrogens with one attached hydrogen (secondary N) is 2. The van der Waals surface area contributed by atoms with E-state index in [2.05, 4.69) is 17.0 Å². The van der Waals surface area contributed by atoms with Crippen molar-refractivity contribution in [2.45, 2.75) is 36.7 Å². The molecular formula is C24H33ClN4O4S2. The second-order valence-corrected chi connectivity index (χ2v) is 10.6.